The van der Waals surface area contributed by atoms with Crippen LogP contribution in [0, 0.1) is 5.41 Å². The van der Waals surface area contributed by atoms with Crippen LogP contribution in [0.3, 0.4) is 0 Å². The van der Waals surface area contributed by atoms with Crippen LogP contribution in [0.25, 0.3) is 0 Å². The van der Waals surface area contributed by atoms with Crippen molar-refractivity contribution in [3.63, 3.8) is 0 Å². The maximum atomic E-state index is 12.3. The summed E-state index contributed by atoms with van der Waals surface area (Å²) in [4.78, 5) is 16.6. The Morgan fingerprint density at radius 1 is 1.47 bits per heavy atom. The van der Waals surface area contributed by atoms with Crippen LogP contribution in [0.1, 0.15) is 45.3 Å². The number of aromatic nitrogens is 1. The second-order valence-electron chi connectivity index (χ2n) is 4.41. The van der Waals surface area contributed by atoms with Crippen molar-refractivity contribution in [1.29, 1.82) is 0 Å². The van der Waals surface area contributed by atoms with Gasteiger partial charge in [-0.1, -0.05) is 33.0 Å². The maximum absolute atomic E-state index is 12.3. The lowest BCUT2D eigenvalue weighted by molar-refractivity contribution is -0.128. The Bertz CT molecular complexity index is 452. The summed E-state index contributed by atoms with van der Waals surface area (Å²) in [5, 5.41) is 2.80. The molecule has 0 aliphatic rings. The van der Waals surface area contributed by atoms with Gasteiger partial charge in [0.25, 0.3) is 0 Å². The second kappa shape index (κ2) is 6.65. The highest BCUT2D eigenvalue weighted by atomic mass is 32.1. The van der Waals surface area contributed by atoms with E-state index in [-0.39, 0.29) is 17.4 Å². The number of carbonyl (C=O) groups excluding carboxylic acids is 1. The standard InChI is InChI=1S/C13H21N3O2S/c1-4-9-7-15-10(18-9)8-16-12(17)13(5-2,6-3)11(14)19/h7H,4-6,8H2,1-3H3,(H2,14,19)(H,16,17). The number of hydrogen-bond donors (Lipinski definition) is 2. The summed E-state index contributed by atoms with van der Waals surface area (Å²) in [6, 6.07) is 0. The molecule has 0 aliphatic carbocycles. The Balaban J connectivity index is 2.70. The molecule has 5 nitrogen and oxygen atoms in total. The van der Waals surface area contributed by atoms with Gasteiger partial charge in [-0.3, -0.25) is 4.79 Å². The van der Waals surface area contributed by atoms with Crippen LogP contribution in [0.4, 0.5) is 0 Å². The summed E-state index contributed by atoms with van der Waals surface area (Å²) in [5.74, 6) is 1.13. The summed E-state index contributed by atoms with van der Waals surface area (Å²) >= 11 is 5.04. The van der Waals surface area contributed by atoms with Gasteiger partial charge in [-0.2, -0.15) is 0 Å². The van der Waals surface area contributed by atoms with E-state index in [0.717, 1.165) is 12.2 Å². The molecule has 6 heteroatoms. The van der Waals surface area contributed by atoms with Gasteiger partial charge in [0.1, 0.15) is 5.76 Å². The largest absolute Gasteiger partial charge is 0.444 e. The molecule has 0 saturated carbocycles. The monoisotopic (exact) mass is 283 g/mol. The average Bonchev–Trinajstić information content (AvgIpc) is 2.86. The lowest BCUT2D eigenvalue weighted by atomic mass is 9.81. The number of nitrogens with two attached hydrogens (primary N) is 1. The van der Waals surface area contributed by atoms with Crippen molar-refractivity contribution >= 4 is 23.1 Å². The second-order valence-corrected chi connectivity index (χ2v) is 4.85. The Morgan fingerprint density at radius 2 is 2.11 bits per heavy atom. The number of thiocarbonyl (C=S) groups is 1. The van der Waals surface area contributed by atoms with Gasteiger partial charge in [0.2, 0.25) is 11.8 Å². The van der Waals surface area contributed by atoms with Crippen LogP contribution in [0.2, 0.25) is 0 Å². The predicted octanol–water partition coefficient (Wildman–Crippen LogP) is 1.95. The molecule has 0 unspecified atom stereocenters. The van der Waals surface area contributed by atoms with Crippen molar-refractivity contribution in [2.45, 2.75) is 46.6 Å². The summed E-state index contributed by atoms with van der Waals surface area (Å²) in [5.41, 5.74) is 4.94. The van der Waals surface area contributed by atoms with Crippen LogP contribution in [-0.4, -0.2) is 15.9 Å². The molecule has 1 aromatic heterocycles. The molecular weight excluding hydrogens is 262 g/mol. The van der Waals surface area contributed by atoms with E-state index < -0.39 is 5.41 Å². The number of amides is 1. The first-order valence-corrected chi connectivity index (χ1v) is 6.92. The zero-order valence-corrected chi connectivity index (χ0v) is 12.5. The van der Waals surface area contributed by atoms with E-state index in [1.807, 2.05) is 20.8 Å². The van der Waals surface area contributed by atoms with Crippen LogP contribution in [-0.2, 0) is 17.8 Å². The van der Waals surface area contributed by atoms with Crippen LogP contribution in [0.15, 0.2) is 10.6 Å². The lowest BCUT2D eigenvalue weighted by Gasteiger charge is -2.28. The third-order valence-electron chi connectivity index (χ3n) is 3.46. The van der Waals surface area contributed by atoms with Crippen LogP contribution < -0.4 is 11.1 Å². The van der Waals surface area contributed by atoms with E-state index in [1.165, 1.54) is 0 Å². The number of carbonyl (C=O) groups is 1. The zero-order valence-electron chi connectivity index (χ0n) is 11.7. The molecule has 1 heterocycles. The number of oxazole rings is 1. The number of aryl methyl sites for hydroxylation is 1. The minimum Gasteiger partial charge on any atom is -0.444 e. The Labute approximate surface area is 119 Å². The van der Waals surface area contributed by atoms with Gasteiger partial charge in [0.15, 0.2) is 0 Å². The lowest BCUT2D eigenvalue weighted by Crippen LogP contribution is -2.48. The molecule has 0 atom stereocenters. The summed E-state index contributed by atoms with van der Waals surface area (Å²) in [7, 11) is 0. The normalized spacial score (nSPS) is 11.3. The smallest absolute Gasteiger partial charge is 0.233 e. The first-order valence-electron chi connectivity index (χ1n) is 6.51. The van der Waals surface area contributed by atoms with Crippen molar-refractivity contribution in [2.24, 2.45) is 11.1 Å². The third-order valence-corrected chi connectivity index (χ3v) is 3.85. The fourth-order valence-electron chi connectivity index (χ4n) is 1.95. The van der Waals surface area contributed by atoms with Crippen molar-refractivity contribution in [3.05, 3.63) is 17.8 Å². The molecule has 0 radical (unpaired) electrons. The zero-order chi connectivity index (χ0) is 14.5. The van der Waals surface area contributed by atoms with E-state index >= 15 is 0 Å². The molecular formula is C13H21N3O2S. The number of rotatable bonds is 7. The molecule has 1 aromatic rings. The van der Waals surface area contributed by atoms with Gasteiger partial charge in [0, 0.05) is 6.42 Å². The molecule has 0 bridgehead atoms. The topological polar surface area (TPSA) is 81.2 Å². The predicted molar refractivity (Wildman–Crippen MR) is 77.5 cm³/mol. The van der Waals surface area contributed by atoms with Crippen molar-refractivity contribution in [1.82, 2.24) is 10.3 Å². The van der Waals surface area contributed by atoms with E-state index in [4.69, 9.17) is 22.4 Å². The highest BCUT2D eigenvalue weighted by molar-refractivity contribution is 7.80. The number of nitrogens with zero attached hydrogens (tertiary/aromatic N) is 1. The van der Waals surface area contributed by atoms with Gasteiger partial charge in [-0.25, -0.2) is 4.98 Å². The van der Waals surface area contributed by atoms with Crippen molar-refractivity contribution in [2.75, 3.05) is 0 Å². The highest BCUT2D eigenvalue weighted by Crippen LogP contribution is 2.27. The molecule has 106 valence electrons. The summed E-state index contributed by atoms with van der Waals surface area (Å²) in [6.45, 7) is 6.04. The molecule has 19 heavy (non-hydrogen) atoms. The Morgan fingerprint density at radius 3 is 2.53 bits per heavy atom. The molecule has 0 spiro atoms. The molecule has 0 fully saturated rings. The molecule has 0 aliphatic heterocycles. The minimum absolute atomic E-state index is 0.166. The van der Waals surface area contributed by atoms with Gasteiger partial charge in [0.05, 0.1) is 23.1 Å². The van der Waals surface area contributed by atoms with Crippen LogP contribution >= 0.6 is 12.2 Å². The van der Waals surface area contributed by atoms with Crippen LogP contribution in [0.5, 0.6) is 0 Å². The molecule has 1 rings (SSSR count). The fourth-order valence-corrected chi connectivity index (χ4v) is 2.33. The number of nitrogens with one attached hydrogen (secondary N) is 1. The first-order chi connectivity index (χ1) is 9.00. The van der Waals surface area contributed by atoms with E-state index in [0.29, 0.717) is 18.7 Å². The fraction of sp³-hybridized carbons (Fsp3) is 0.615. The maximum Gasteiger partial charge on any atom is 0.233 e. The Kier molecular flexibility index (Phi) is 5.47. The molecule has 3 N–H and O–H groups in total. The first kappa shape index (κ1) is 15.6. The van der Waals surface area contributed by atoms with Crippen molar-refractivity contribution < 1.29 is 9.21 Å². The Hall–Kier alpha value is -1.43. The average molecular weight is 283 g/mol. The molecule has 1 amide bonds. The molecule has 0 saturated heterocycles. The van der Waals surface area contributed by atoms with Gasteiger partial charge in [-0.15, -0.1) is 0 Å². The third kappa shape index (κ3) is 3.32. The van der Waals surface area contributed by atoms with Gasteiger partial charge >= 0.3 is 0 Å². The quantitative estimate of drug-likeness (QED) is 0.747. The van der Waals surface area contributed by atoms with Gasteiger partial charge < -0.3 is 15.5 Å². The SMILES string of the molecule is CCc1cnc(CNC(=O)C(CC)(CC)C(N)=S)o1. The minimum atomic E-state index is -0.782. The van der Waals surface area contributed by atoms with E-state index in [2.05, 4.69) is 10.3 Å². The molecule has 0 aromatic carbocycles. The highest BCUT2D eigenvalue weighted by Gasteiger charge is 2.37. The van der Waals surface area contributed by atoms with Gasteiger partial charge in [-0.05, 0) is 12.8 Å². The summed E-state index contributed by atoms with van der Waals surface area (Å²) < 4.78 is 5.43. The van der Waals surface area contributed by atoms with Crippen molar-refractivity contribution in [3.8, 4) is 0 Å². The van der Waals surface area contributed by atoms with E-state index in [9.17, 15) is 4.79 Å². The van der Waals surface area contributed by atoms with E-state index in [1.54, 1.807) is 6.20 Å². The summed E-state index contributed by atoms with van der Waals surface area (Å²) in [6.07, 6.45) is 3.61. The number of hydrogen-bond acceptors (Lipinski definition) is 4.